The van der Waals surface area contributed by atoms with Gasteiger partial charge in [0.2, 0.25) is 22.8 Å². The number of benzene rings is 1. The van der Waals surface area contributed by atoms with Gasteiger partial charge >= 0.3 is 0 Å². The molecule has 0 spiro atoms. The molecule has 0 amide bonds. The van der Waals surface area contributed by atoms with Crippen LogP contribution in [-0.2, 0) is 16.6 Å². The Morgan fingerprint density at radius 3 is 2.65 bits per heavy atom. The third kappa shape index (κ3) is 3.29. The molecule has 2 aromatic rings. The van der Waals surface area contributed by atoms with E-state index < -0.39 is 0 Å². The quantitative estimate of drug-likeness (QED) is 0.469. The Hall–Kier alpha value is -2.82. The smallest absolute Gasteiger partial charge is 0.235 e. The lowest BCUT2D eigenvalue weighted by Crippen LogP contribution is -2.33. The molecule has 3 rings (SSSR count). The van der Waals surface area contributed by atoms with Gasteiger partial charge in [-0.25, -0.2) is 0 Å². The minimum atomic E-state index is -0.245. The number of aryl methyl sites for hydroxylation is 1. The van der Waals surface area contributed by atoms with Gasteiger partial charge in [-0.3, -0.25) is 4.79 Å². The number of carbonyl (C=O) groups is 1. The highest BCUT2D eigenvalue weighted by Crippen LogP contribution is 2.31. The third-order valence-electron chi connectivity index (χ3n) is 4.45. The first-order chi connectivity index (χ1) is 12.6. The van der Waals surface area contributed by atoms with Crippen molar-refractivity contribution in [3.8, 4) is 5.75 Å². The van der Waals surface area contributed by atoms with Crippen molar-refractivity contribution < 1.29 is 23.9 Å². The number of hydrogen-bond acceptors (Lipinski definition) is 4. The summed E-state index contributed by atoms with van der Waals surface area (Å²) in [6.07, 6.45) is 3.52. The molecule has 0 saturated heterocycles. The average Bonchev–Trinajstić information content (AvgIpc) is 2.65. The van der Waals surface area contributed by atoms with Gasteiger partial charge in [0.05, 0.1) is 24.2 Å². The molecule has 136 valence electrons. The number of fused-ring (bicyclic) bond motifs is 1. The maximum atomic E-state index is 12.2. The van der Waals surface area contributed by atoms with Crippen LogP contribution < -0.4 is 9.30 Å². The first kappa shape index (κ1) is 18.0. The Kier molecular flexibility index (Phi) is 5.26. The molecule has 1 aromatic heterocycles. The Balaban J connectivity index is 1.89. The Morgan fingerprint density at radius 1 is 1.15 bits per heavy atom. The van der Waals surface area contributed by atoms with Crippen LogP contribution in [0.2, 0.25) is 0 Å². The summed E-state index contributed by atoms with van der Waals surface area (Å²) in [6.45, 7) is 5.07. The van der Waals surface area contributed by atoms with Crippen LogP contribution in [0, 0.1) is 0 Å². The zero-order valence-electron chi connectivity index (χ0n) is 15.4. The molecule has 0 saturated carbocycles. The van der Waals surface area contributed by atoms with Gasteiger partial charge in [0.15, 0.2) is 5.76 Å². The average molecular weight is 354 g/mol. The number of ketones is 1. The summed E-state index contributed by atoms with van der Waals surface area (Å²) >= 11 is 0. The Labute approximate surface area is 153 Å². The van der Waals surface area contributed by atoms with Gasteiger partial charge in [0.25, 0.3) is 0 Å². The van der Waals surface area contributed by atoms with E-state index in [0.29, 0.717) is 13.2 Å². The number of rotatable bonds is 7. The van der Waals surface area contributed by atoms with Gasteiger partial charge in [0.1, 0.15) is 12.8 Å². The molecule has 0 fully saturated rings. The molecular formula is C21H24NO4+. The summed E-state index contributed by atoms with van der Waals surface area (Å²) in [5.74, 6) is 0.604. The highest BCUT2D eigenvalue weighted by Gasteiger charge is 2.36. The summed E-state index contributed by atoms with van der Waals surface area (Å²) in [6, 6.07) is 9.80. The maximum absolute atomic E-state index is 12.2. The van der Waals surface area contributed by atoms with E-state index in [-0.39, 0.29) is 22.9 Å². The fraction of sp³-hybridized carbons (Fsp3) is 0.333. The standard InChI is InChI=1S/C21H23NO4/c1-4-6-11-26-21-19(23)17(20(21)24)13-15-8-7-14-12-16(25-5-2)9-10-18(14)22(15)3/h7-10,12-13H,4-6,11H2,1-3H3/p+1. The van der Waals surface area contributed by atoms with Crippen LogP contribution in [0.25, 0.3) is 17.0 Å². The van der Waals surface area contributed by atoms with E-state index in [0.717, 1.165) is 35.2 Å². The minimum Gasteiger partial charge on any atom is -0.504 e. The van der Waals surface area contributed by atoms with Gasteiger partial charge in [-0.05, 0) is 31.5 Å². The summed E-state index contributed by atoms with van der Waals surface area (Å²) in [5.41, 5.74) is 2.12. The van der Waals surface area contributed by atoms with Crippen molar-refractivity contribution in [2.75, 3.05) is 13.2 Å². The number of hydrogen-bond donors (Lipinski definition) is 1. The van der Waals surface area contributed by atoms with Crippen LogP contribution in [0.4, 0.5) is 0 Å². The van der Waals surface area contributed by atoms with Gasteiger partial charge in [0, 0.05) is 18.2 Å². The zero-order chi connectivity index (χ0) is 18.7. The summed E-state index contributed by atoms with van der Waals surface area (Å²) in [5, 5.41) is 11.2. The van der Waals surface area contributed by atoms with Crippen LogP contribution in [-0.4, -0.2) is 24.1 Å². The summed E-state index contributed by atoms with van der Waals surface area (Å²) in [4.78, 5) is 12.2. The van der Waals surface area contributed by atoms with E-state index in [9.17, 15) is 9.90 Å². The SMILES string of the molecule is CCCCOC1=C(O)C(=Cc2ccc3cc(OCC)ccc3[n+]2C)C1=O. The van der Waals surface area contributed by atoms with E-state index in [1.54, 1.807) is 6.08 Å². The van der Waals surface area contributed by atoms with E-state index in [1.807, 2.05) is 55.8 Å². The first-order valence-electron chi connectivity index (χ1n) is 8.95. The molecule has 0 aliphatic heterocycles. The van der Waals surface area contributed by atoms with Gasteiger partial charge in [-0.2, -0.15) is 4.57 Å². The highest BCUT2D eigenvalue weighted by atomic mass is 16.5. The van der Waals surface area contributed by atoms with Gasteiger partial charge in [-0.15, -0.1) is 0 Å². The summed E-state index contributed by atoms with van der Waals surface area (Å²) < 4.78 is 12.9. The van der Waals surface area contributed by atoms with Crippen molar-refractivity contribution >= 4 is 22.8 Å². The molecule has 0 bridgehead atoms. The number of aliphatic hydroxyl groups is 1. The molecule has 0 unspecified atom stereocenters. The van der Waals surface area contributed by atoms with Crippen molar-refractivity contribution in [2.24, 2.45) is 7.05 Å². The summed E-state index contributed by atoms with van der Waals surface area (Å²) in [7, 11) is 1.93. The molecule has 0 radical (unpaired) electrons. The second-order valence-electron chi connectivity index (χ2n) is 6.24. The molecule has 1 aliphatic carbocycles. The number of Topliss-reactive ketones (excluding diaryl/α,β-unsaturated/α-hetero) is 1. The van der Waals surface area contributed by atoms with E-state index in [1.165, 1.54) is 0 Å². The van der Waals surface area contributed by atoms with Crippen molar-refractivity contribution in [3.63, 3.8) is 0 Å². The van der Waals surface area contributed by atoms with E-state index in [4.69, 9.17) is 9.47 Å². The van der Waals surface area contributed by atoms with Crippen LogP contribution in [0.1, 0.15) is 32.4 Å². The van der Waals surface area contributed by atoms with Crippen LogP contribution in [0.15, 0.2) is 47.4 Å². The predicted molar refractivity (Wildman–Crippen MR) is 99.8 cm³/mol. The molecule has 5 nitrogen and oxygen atoms in total. The second kappa shape index (κ2) is 7.60. The number of unbranched alkanes of at least 4 members (excludes halogenated alkanes) is 1. The fourth-order valence-electron chi connectivity index (χ4n) is 2.93. The molecule has 26 heavy (non-hydrogen) atoms. The monoisotopic (exact) mass is 354 g/mol. The molecule has 1 aromatic carbocycles. The predicted octanol–water partition coefficient (Wildman–Crippen LogP) is 3.62. The lowest BCUT2D eigenvalue weighted by atomic mass is 9.94. The van der Waals surface area contributed by atoms with Crippen LogP contribution in [0.3, 0.4) is 0 Å². The van der Waals surface area contributed by atoms with Crippen molar-refractivity contribution in [2.45, 2.75) is 26.7 Å². The zero-order valence-corrected chi connectivity index (χ0v) is 15.4. The molecule has 0 atom stereocenters. The van der Waals surface area contributed by atoms with E-state index >= 15 is 0 Å². The largest absolute Gasteiger partial charge is 0.504 e. The lowest BCUT2D eigenvalue weighted by molar-refractivity contribution is -0.646. The maximum Gasteiger partial charge on any atom is 0.235 e. The Bertz CT molecular complexity index is 912. The van der Waals surface area contributed by atoms with Crippen molar-refractivity contribution in [3.05, 3.63) is 53.1 Å². The van der Waals surface area contributed by atoms with Gasteiger partial charge in [-0.1, -0.05) is 13.3 Å². The minimum absolute atomic E-state index is 0.0575. The number of ether oxygens (including phenoxy) is 2. The molecular weight excluding hydrogens is 330 g/mol. The molecule has 5 heteroatoms. The molecule has 1 heterocycles. The van der Waals surface area contributed by atoms with Crippen molar-refractivity contribution in [1.82, 2.24) is 0 Å². The number of nitrogens with zero attached hydrogens (tertiary/aromatic N) is 1. The van der Waals surface area contributed by atoms with E-state index in [2.05, 4.69) is 0 Å². The number of carbonyl (C=O) groups excluding carboxylic acids is 1. The number of pyridine rings is 1. The molecule has 1 N–H and O–H groups in total. The second-order valence-corrected chi connectivity index (χ2v) is 6.24. The Morgan fingerprint density at radius 2 is 1.96 bits per heavy atom. The van der Waals surface area contributed by atoms with Crippen LogP contribution in [0.5, 0.6) is 5.75 Å². The van der Waals surface area contributed by atoms with Crippen molar-refractivity contribution in [1.29, 1.82) is 0 Å². The lowest BCUT2D eigenvalue weighted by Gasteiger charge is -2.20. The third-order valence-corrected chi connectivity index (χ3v) is 4.45. The van der Waals surface area contributed by atoms with Crippen LogP contribution >= 0.6 is 0 Å². The number of allylic oxidation sites excluding steroid dienone is 2. The first-order valence-corrected chi connectivity index (χ1v) is 8.95. The highest BCUT2D eigenvalue weighted by molar-refractivity contribution is 6.20. The van der Waals surface area contributed by atoms with Gasteiger partial charge < -0.3 is 14.6 Å². The fourth-order valence-corrected chi connectivity index (χ4v) is 2.93. The molecule has 1 aliphatic rings. The number of aliphatic hydroxyl groups excluding tert-OH is 1. The normalized spacial score (nSPS) is 15.5. The number of aromatic nitrogens is 1. The topological polar surface area (TPSA) is 59.6 Å².